The van der Waals surface area contributed by atoms with Crippen LogP contribution in [0.25, 0.3) is 0 Å². The van der Waals surface area contributed by atoms with Crippen molar-refractivity contribution in [1.29, 1.82) is 0 Å². The highest BCUT2D eigenvalue weighted by molar-refractivity contribution is 6.33. The molecule has 0 saturated heterocycles. The highest BCUT2D eigenvalue weighted by Gasteiger charge is 2.25. The summed E-state index contributed by atoms with van der Waals surface area (Å²) in [6.07, 6.45) is 1.23. The third-order valence-electron chi connectivity index (χ3n) is 3.52. The molecule has 2 aromatic carbocycles. The molecule has 0 amide bonds. The van der Waals surface area contributed by atoms with E-state index in [0.29, 0.717) is 11.3 Å². The summed E-state index contributed by atoms with van der Waals surface area (Å²) in [5.41, 5.74) is 0.619. The summed E-state index contributed by atoms with van der Waals surface area (Å²) < 4.78 is 0. The van der Waals surface area contributed by atoms with E-state index in [1.165, 1.54) is 31.3 Å². The molecule has 0 aliphatic rings. The van der Waals surface area contributed by atoms with Gasteiger partial charge in [-0.2, -0.15) is 0 Å². The number of nitro groups is 1. The maximum Gasteiger partial charge on any atom is 0.335 e. The number of carboxylic acid groups (broad SMARTS) is 1. The number of benzene rings is 2. The number of carboxylic acids is 1. The number of aromatic carboxylic acids is 1. The van der Waals surface area contributed by atoms with Crippen LogP contribution in [0.4, 0.5) is 11.4 Å². The molecule has 0 heterocycles. The first-order chi connectivity index (χ1) is 11.2. The maximum atomic E-state index is 11.1. The van der Waals surface area contributed by atoms with E-state index >= 15 is 0 Å². The summed E-state index contributed by atoms with van der Waals surface area (Å²) in [5.74, 6) is -1.63. The lowest BCUT2D eigenvalue weighted by atomic mass is 10.0. The molecule has 0 aliphatic carbocycles. The zero-order valence-electron chi connectivity index (χ0n) is 12.8. The zero-order chi connectivity index (χ0) is 18.0. The SMILES string of the molecule is Cc1c(Cl)c(C)c([N+](=O)[O-])c(O)c1C=Nc1cccc(C(=O)O)c1. The lowest BCUT2D eigenvalue weighted by Crippen LogP contribution is -2.00. The van der Waals surface area contributed by atoms with E-state index in [9.17, 15) is 20.0 Å². The number of nitrogens with zero attached hydrogens (tertiary/aromatic N) is 2. The Bertz CT molecular complexity index is 877. The van der Waals surface area contributed by atoms with Crippen LogP contribution < -0.4 is 0 Å². The van der Waals surface area contributed by atoms with Crippen molar-refractivity contribution in [3.63, 3.8) is 0 Å². The number of nitro benzene ring substituents is 1. The summed E-state index contributed by atoms with van der Waals surface area (Å²) in [6, 6.07) is 5.85. The van der Waals surface area contributed by atoms with E-state index in [1.54, 1.807) is 13.0 Å². The topological polar surface area (TPSA) is 113 Å². The second-order valence-corrected chi connectivity index (χ2v) is 5.42. The molecule has 124 valence electrons. The standard InChI is InChI=1S/C16H13ClN2O5/c1-8-12(15(20)14(19(23)24)9(2)13(8)17)7-18-11-5-3-4-10(6-11)16(21)22/h3-7,20H,1-2H3,(H,21,22). The molecule has 0 saturated carbocycles. The molecule has 2 N–H and O–H groups in total. The van der Waals surface area contributed by atoms with Crippen LogP contribution in [-0.2, 0) is 0 Å². The minimum atomic E-state index is -1.10. The van der Waals surface area contributed by atoms with Crippen LogP contribution in [0.15, 0.2) is 29.3 Å². The molecule has 0 unspecified atom stereocenters. The van der Waals surface area contributed by atoms with Gasteiger partial charge in [0.05, 0.1) is 21.2 Å². The van der Waals surface area contributed by atoms with Crippen molar-refractivity contribution in [2.75, 3.05) is 0 Å². The predicted octanol–water partition coefficient (Wildman–Crippen LogP) is 4.02. The van der Waals surface area contributed by atoms with Crippen molar-refractivity contribution in [3.8, 4) is 5.75 Å². The van der Waals surface area contributed by atoms with Gasteiger partial charge in [0.1, 0.15) is 0 Å². The van der Waals surface area contributed by atoms with Crippen LogP contribution in [0.1, 0.15) is 27.0 Å². The summed E-state index contributed by atoms with van der Waals surface area (Å²) >= 11 is 6.10. The number of halogens is 1. The molecular weight excluding hydrogens is 336 g/mol. The lowest BCUT2D eigenvalue weighted by molar-refractivity contribution is -0.386. The molecule has 8 heteroatoms. The molecule has 24 heavy (non-hydrogen) atoms. The molecule has 0 aromatic heterocycles. The molecule has 0 fully saturated rings. The van der Waals surface area contributed by atoms with Gasteiger partial charge in [0.15, 0.2) is 0 Å². The van der Waals surface area contributed by atoms with E-state index in [4.69, 9.17) is 16.7 Å². The number of hydrogen-bond donors (Lipinski definition) is 2. The Labute approximate surface area is 142 Å². The van der Waals surface area contributed by atoms with E-state index in [1.807, 2.05) is 0 Å². The summed E-state index contributed by atoms with van der Waals surface area (Å²) in [6.45, 7) is 3.05. The minimum absolute atomic E-state index is 0.0542. The summed E-state index contributed by atoms with van der Waals surface area (Å²) in [4.78, 5) is 25.5. The van der Waals surface area contributed by atoms with Gasteiger partial charge in [-0.15, -0.1) is 0 Å². The fourth-order valence-corrected chi connectivity index (χ4v) is 2.42. The van der Waals surface area contributed by atoms with Gasteiger partial charge < -0.3 is 10.2 Å². The van der Waals surface area contributed by atoms with Gasteiger partial charge in [-0.1, -0.05) is 17.7 Å². The van der Waals surface area contributed by atoms with Gasteiger partial charge in [0, 0.05) is 17.3 Å². The fourth-order valence-electron chi connectivity index (χ4n) is 2.23. The molecule has 0 bridgehead atoms. The molecule has 0 aliphatic heterocycles. The van der Waals surface area contributed by atoms with Crippen molar-refractivity contribution < 1.29 is 19.9 Å². The highest BCUT2D eigenvalue weighted by atomic mass is 35.5. The van der Waals surface area contributed by atoms with Crippen LogP contribution >= 0.6 is 11.6 Å². The van der Waals surface area contributed by atoms with Crippen molar-refractivity contribution >= 4 is 35.2 Å². The van der Waals surface area contributed by atoms with Gasteiger partial charge >= 0.3 is 11.7 Å². The van der Waals surface area contributed by atoms with E-state index < -0.39 is 22.3 Å². The van der Waals surface area contributed by atoms with E-state index in [-0.39, 0.29) is 21.7 Å². The number of aromatic hydroxyl groups is 1. The largest absolute Gasteiger partial charge is 0.502 e. The lowest BCUT2D eigenvalue weighted by Gasteiger charge is -2.10. The van der Waals surface area contributed by atoms with Crippen molar-refractivity contribution in [2.45, 2.75) is 13.8 Å². The second kappa shape index (κ2) is 6.67. The second-order valence-electron chi connectivity index (χ2n) is 5.05. The van der Waals surface area contributed by atoms with Crippen LogP contribution in [0.5, 0.6) is 5.75 Å². The highest BCUT2D eigenvalue weighted by Crippen LogP contribution is 2.40. The third-order valence-corrected chi connectivity index (χ3v) is 4.08. The van der Waals surface area contributed by atoms with Gasteiger partial charge in [-0.05, 0) is 37.6 Å². The Kier molecular flexibility index (Phi) is 4.85. The molecular formula is C16H13ClN2O5. The van der Waals surface area contributed by atoms with Crippen LogP contribution in [0.3, 0.4) is 0 Å². The Balaban J connectivity index is 2.56. The van der Waals surface area contributed by atoms with Crippen molar-refractivity contribution in [2.24, 2.45) is 4.99 Å². The van der Waals surface area contributed by atoms with Crippen molar-refractivity contribution in [1.82, 2.24) is 0 Å². The first-order valence-electron chi connectivity index (χ1n) is 6.77. The van der Waals surface area contributed by atoms with E-state index in [0.717, 1.165) is 0 Å². The number of carbonyl (C=O) groups is 1. The third kappa shape index (κ3) is 3.21. The fraction of sp³-hybridized carbons (Fsp3) is 0.125. The van der Waals surface area contributed by atoms with Crippen LogP contribution in [0.2, 0.25) is 5.02 Å². The quantitative estimate of drug-likeness (QED) is 0.492. The number of phenols is 1. The maximum absolute atomic E-state index is 11.1. The number of phenolic OH excluding ortho intramolecular Hbond substituents is 1. The Morgan fingerprint density at radius 1 is 1.33 bits per heavy atom. The number of aliphatic imine (C=N–C) groups is 1. The van der Waals surface area contributed by atoms with Gasteiger partial charge in [-0.25, -0.2) is 4.79 Å². The van der Waals surface area contributed by atoms with Crippen molar-refractivity contribution in [3.05, 3.63) is 61.7 Å². The Morgan fingerprint density at radius 3 is 2.58 bits per heavy atom. The molecule has 0 atom stereocenters. The number of hydrogen-bond acceptors (Lipinski definition) is 5. The first-order valence-corrected chi connectivity index (χ1v) is 7.15. The molecule has 2 aromatic rings. The average molecular weight is 349 g/mol. The van der Waals surface area contributed by atoms with Crippen LogP contribution in [0, 0.1) is 24.0 Å². The van der Waals surface area contributed by atoms with Gasteiger partial charge in [0.2, 0.25) is 5.75 Å². The summed E-state index contributed by atoms with van der Waals surface area (Å²) in [5, 5.41) is 30.4. The van der Waals surface area contributed by atoms with E-state index in [2.05, 4.69) is 4.99 Å². The van der Waals surface area contributed by atoms with Gasteiger partial charge in [0.25, 0.3) is 0 Å². The molecule has 2 rings (SSSR count). The first kappa shape index (κ1) is 17.4. The zero-order valence-corrected chi connectivity index (χ0v) is 13.5. The normalized spacial score (nSPS) is 11.0. The molecule has 7 nitrogen and oxygen atoms in total. The average Bonchev–Trinajstić information content (AvgIpc) is 2.52. The smallest absolute Gasteiger partial charge is 0.335 e. The summed E-state index contributed by atoms with van der Waals surface area (Å²) in [7, 11) is 0. The predicted molar refractivity (Wildman–Crippen MR) is 89.9 cm³/mol. The molecule has 0 spiro atoms. The number of rotatable bonds is 4. The Morgan fingerprint density at radius 2 is 2.00 bits per heavy atom. The molecule has 0 radical (unpaired) electrons. The minimum Gasteiger partial charge on any atom is -0.502 e. The van der Waals surface area contributed by atoms with Crippen LogP contribution in [-0.4, -0.2) is 27.3 Å². The Hall–Kier alpha value is -2.93. The van der Waals surface area contributed by atoms with Gasteiger partial charge in [-0.3, -0.25) is 15.1 Å². The monoisotopic (exact) mass is 348 g/mol.